The second-order valence-corrected chi connectivity index (χ2v) is 4.39. The van der Waals surface area contributed by atoms with E-state index >= 15 is 0 Å². The summed E-state index contributed by atoms with van der Waals surface area (Å²) in [5.74, 6) is 0.776. The number of rotatable bonds is 8. The molecule has 0 heterocycles. The Labute approximate surface area is 114 Å². The third kappa shape index (κ3) is 5.55. The maximum absolute atomic E-state index is 10.7. The van der Waals surface area contributed by atoms with Crippen molar-refractivity contribution in [2.75, 3.05) is 13.2 Å². The molecule has 4 heteroatoms. The van der Waals surface area contributed by atoms with Gasteiger partial charge in [-0.1, -0.05) is 26.0 Å². The van der Waals surface area contributed by atoms with Gasteiger partial charge in [0.05, 0.1) is 13.2 Å². The van der Waals surface area contributed by atoms with E-state index in [-0.39, 0.29) is 6.61 Å². The molecule has 0 aromatic heterocycles. The molecule has 0 aliphatic rings. The average molecular weight is 263 g/mol. The van der Waals surface area contributed by atoms with Crippen LogP contribution >= 0.6 is 0 Å². The summed E-state index contributed by atoms with van der Waals surface area (Å²) in [5, 5.41) is 6.66. The fraction of sp³-hybridized carbons (Fsp3) is 0.467. The van der Waals surface area contributed by atoms with Crippen LogP contribution in [0.3, 0.4) is 0 Å². The van der Waals surface area contributed by atoms with Gasteiger partial charge in [0.15, 0.2) is 0 Å². The molecular formula is C15H21NO3. The molecule has 0 aliphatic carbocycles. The molecule has 0 radical (unpaired) electrons. The minimum atomic E-state index is -0.613. The molecule has 0 bridgehead atoms. The van der Waals surface area contributed by atoms with Gasteiger partial charge in [-0.05, 0) is 30.0 Å². The number of hydrogen-bond donors (Lipinski definition) is 1. The topological polar surface area (TPSA) is 59.4 Å². The van der Waals surface area contributed by atoms with Crippen LogP contribution in [0.2, 0.25) is 0 Å². The van der Waals surface area contributed by atoms with Crippen molar-refractivity contribution < 1.29 is 14.3 Å². The smallest absolute Gasteiger partial charge is 0.348 e. The second-order valence-electron chi connectivity index (χ2n) is 4.39. The third-order valence-corrected chi connectivity index (χ3v) is 2.98. The predicted molar refractivity (Wildman–Crippen MR) is 75.0 cm³/mol. The van der Waals surface area contributed by atoms with Gasteiger partial charge >= 0.3 is 5.97 Å². The first-order valence-electron chi connectivity index (χ1n) is 6.57. The maximum atomic E-state index is 10.7. The first-order chi connectivity index (χ1) is 9.17. The lowest BCUT2D eigenvalue weighted by molar-refractivity contribution is -0.135. The predicted octanol–water partition coefficient (Wildman–Crippen LogP) is 3.16. The molecule has 1 unspecified atom stereocenters. The Hall–Kier alpha value is -1.84. The first kappa shape index (κ1) is 15.2. The van der Waals surface area contributed by atoms with Crippen LogP contribution in [0.4, 0.5) is 0 Å². The standard InChI is InChI=1S/C15H21NO3/c1-3-12(2)13-5-7-14(8-6-13)18-9-4-10-19-15(17)11-16/h5-8,11-12,16H,3-4,9-10H2,1-2H3. The van der Waals surface area contributed by atoms with Gasteiger partial charge in [0.2, 0.25) is 0 Å². The van der Waals surface area contributed by atoms with Gasteiger partial charge in [0.25, 0.3) is 0 Å². The van der Waals surface area contributed by atoms with Gasteiger partial charge in [0.1, 0.15) is 12.0 Å². The van der Waals surface area contributed by atoms with Crippen molar-refractivity contribution in [1.82, 2.24) is 0 Å². The number of ether oxygens (including phenoxy) is 2. The highest BCUT2D eigenvalue weighted by molar-refractivity contribution is 6.21. The van der Waals surface area contributed by atoms with E-state index in [1.54, 1.807) is 0 Å². The van der Waals surface area contributed by atoms with E-state index in [0.29, 0.717) is 25.2 Å². The molecule has 1 atom stereocenters. The van der Waals surface area contributed by atoms with Crippen LogP contribution in [0, 0.1) is 5.41 Å². The van der Waals surface area contributed by atoms with E-state index in [0.717, 1.165) is 12.2 Å². The van der Waals surface area contributed by atoms with E-state index in [1.165, 1.54) is 5.56 Å². The lowest BCUT2D eigenvalue weighted by Gasteiger charge is -2.10. The minimum Gasteiger partial charge on any atom is -0.493 e. The highest BCUT2D eigenvalue weighted by atomic mass is 16.5. The minimum absolute atomic E-state index is 0.277. The molecule has 0 aliphatic heterocycles. The Kier molecular flexibility index (Phi) is 6.64. The van der Waals surface area contributed by atoms with E-state index in [9.17, 15) is 4.79 Å². The third-order valence-electron chi connectivity index (χ3n) is 2.98. The second kappa shape index (κ2) is 8.29. The fourth-order valence-corrected chi connectivity index (χ4v) is 1.59. The van der Waals surface area contributed by atoms with Crippen LogP contribution in [-0.2, 0) is 9.53 Å². The Morgan fingerprint density at radius 1 is 1.32 bits per heavy atom. The highest BCUT2D eigenvalue weighted by Crippen LogP contribution is 2.21. The van der Waals surface area contributed by atoms with Gasteiger partial charge in [-0.3, -0.25) is 0 Å². The molecule has 19 heavy (non-hydrogen) atoms. The van der Waals surface area contributed by atoms with Gasteiger partial charge in [-0.2, -0.15) is 0 Å². The Bertz CT molecular complexity index is 400. The van der Waals surface area contributed by atoms with Gasteiger partial charge in [0, 0.05) is 6.42 Å². The zero-order chi connectivity index (χ0) is 14.1. The molecule has 1 aromatic rings. The van der Waals surface area contributed by atoms with Crippen LogP contribution in [-0.4, -0.2) is 25.4 Å². The highest BCUT2D eigenvalue weighted by Gasteiger charge is 2.02. The molecule has 0 spiro atoms. The average Bonchev–Trinajstić information content (AvgIpc) is 2.46. The number of hydrogen-bond acceptors (Lipinski definition) is 4. The van der Waals surface area contributed by atoms with Crippen molar-refractivity contribution in [3.05, 3.63) is 29.8 Å². The molecule has 0 saturated heterocycles. The van der Waals surface area contributed by atoms with Crippen molar-refractivity contribution in [1.29, 1.82) is 5.41 Å². The lowest BCUT2D eigenvalue weighted by Crippen LogP contribution is -2.09. The molecule has 1 aromatic carbocycles. The largest absolute Gasteiger partial charge is 0.493 e. The van der Waals surface area contributed by atoms with Crippen LogP contribution in [0.15, 0.2) is 24.3 Å². The molecular weight excluding hydrogens is 242 g/mol. The van der Waals surface area contributed by atoms with Crippen LogP contribution in [0.25, 0.3) is 0 Å². The summed E-state index contributed by atoms with van der Waals surface area (Å²) in [5.41, 5.74) is 1.31. The van der Waals surface area contributed by atoms with Crippen LogP contribution < -0.4 is 4.74 Å². The summed E-state index contributed by atoms with van der Waals surface area (Å²) in [4.78, 5) is 10.7. The zero-order valence-corrected chi connectivity index (χ0v) is 11.5. The van der Waals surface area contributed by atoms with Gasteiger partial charge in [-0.15, -0.1) is 0 Å². The molecule has 0 fully saturated rings. The summed E-state index contributed by atoms with van der Waals surface area (Å²) in [7, 11) is 0. The normalized spacial score (nSPS) is 11.7. The van der Waals surface area contributed by atoms with Gasteiger partial charge in [-0.25, -0.2) is 4.79 Å². The molecule has 0 saturated carbocycles. The number of benzene rings is 1. The van der Waals surface area contributed by atoms with Crippen LogP contribution in [0.5, 0.6) is 5.75 Å². The van der Waals surface area contributed by atoms with Crippen molar-refractivity contribution >= 4 is 12.2 Å². The monoisotopic (exact) mass is 263 g/mol. The van der Waals surface area contributed by atoms with Gasteiger partial charge < -0.3 is 14.9 Å². The quantitative estimate of drug-likeness (QED) is 0.445. The SMILES string of the molecule is CCC(C)c1ccc(OCCCOC(=O)C=N)cc1. The summed E-state index contributed by atoms with van der Waals surface area (Å²) in [6.07, 6.45) is 2.40. The molecule has 1 N–H and O–H groups in total. The maximum Gasteiger partial charge on any atom is 0.348 e. The number of carbonyl (C=O) groups excluding carboxylic acids is 1. The summed E-state index contributed by atoms with van der Waals surface area (Å²) in [6.45, 7) is 5.14. The molecule has 1 rings (SSSR count). The number of nitrogens with one attached hydrogen (secondary N) is 1. The van der Waals surface area contributed by atoms with Crippen molar-refractivity contribution in [3.8, 4) is 5.75 Å². The van der Waals surface area contributed by atoms with E-state index in [2.05, 4.69) is 26.0 Å². The fourth-order valence-electron chi connectivity index (χ4n) is 1.59. The number of esters is 1. The molecule has 4 nitrogen and oxygen atoms in total. The van der Waals surface area contributed by atoms with E-state index in [4.69, 9.17) is 14.9 Å². The number of carbonyl (C=O) groups is 1. The zero-order valence-electron chi connectivity index (χ0n) is 11.5. The van der Waals surface area contributed by atoms with E-state index in [1.807, 2.05) is 12.1 Å². The molecule has 0 amide bonds. The lowest BCUT2D eigenvalue weighted by atomic mass is 9.99. The van der Waals surface area contributed by atoms with Crippen molar-refractivity contribution in [3.63, 3.8) is 0 Å². The summed E-state index contributed by atoms with van der Waals surface area (Å²) in [6, 6.07) is 8.09. The first-order valence-corrected chi connectivity index (χ1v) is 6.57. The summed E-state index contributed by atoms with van der Waals surface area (Å²) >= 11 is 0. The Morgan fingerprint density at radius 2 is 2.00 bits per heavy atom. The Morgan fingerprint density at radius 3 is 2.58 bits per heavy atom. The Balaban J connectivity index is 2.26. The summed E-state index contributed by atoms with van der Waals surface area (Å²) < 4.78 is 10.3. The molecule has 104 valence electrons. The van der Waals surface area contributed by atoms with E-state index < -0.39 is 5.97 Å². The van der Waals surface area contributed by atoms with Crippen LogP contribution in [0.1, 0.15) is 38.2 Å². The van der Waals surface area contributed by atoms with Crippen molar-refractivity contribution in [2.45, 2.75) is 32.6 Å². The van der Waals surface area contributed by atoms with Crippen molar-refractivity contribution in [2.24, 2.45) is 0 Å².